The summed E-state index contributed by atoms with van der Waals surface area (Å²) in [4.78, 5) is 50.6. The van der Waals surface area contributed by atoms with Gasteiger partial charge in [-0.15, -0.1) is 0 Å². The standard InChI is InChI=1S/2C50H86O7S.Ca/c2*1-3-5-7-9-11-13-15-17-19-21-23-25-27-29-31-33-35-37-39-43-56-49(51)47-42-41-46(58(53,54)55)45-48(47)50(52)57-44-40-38-36-34-32-30-28-26-24-22-20-18-16-14-12-10-8-6-4-2;/h2*13-16,41-42,45H,3-12,17-40,43-44H2,1-2H3,(H,53,54,55);/q;;+2/p-2/b2*15-13+,16-14+;. The second-order valence-corrected chi connectivity index (χ2v) is 35.6. The van der Waals surface area contributed by atoms with Gasteiger partial charge in [0.25, 0.3) is 0 Å². The van der Waals surface area contributed by atoms with Crippen LogP contribution in [0, 0.1) is 0 Å². The summed E-state index contributed by atoms with van der Waals surface area (Å²) in [5.41, 5.74) is -0.671. The third kappa shape index (κ3) is 71.5. The van der Waals surface area contributed by atoms with E-state index in [-0.39, 0.29) is 86.4 Å². The molecular weight excluding hydrogens is 1530 g/mol. The van der Waals surface area contributed by atoms with E-state index in [1.807, 2.05) is 0 Å². The summed E-state index contributed by atoms with van der Waals surface area (Å²) in [6, 6.07) is 6.30. The molecule has 0 fully saturated rings. The number of esters is 4. The van der Waals surface area contributed by atoms with Crippen molar-refractivity contribution in [2.45, 2.75) is 474 Å². The molecule has 0 bridgehead atoms. The number of allylic oxidation sites excluding steroid dienone is 8. The third-order valence-corrected chi connectivity index (χ3v) is 23.7. The zero-order chi connectivity index (χ0) is 84.4. The summed E-state index contributed by atoms with van der Waals surface area (Å²) < 4.78 is 91.8. The first-order valence-electron chi connectivity index (χ1n) is 48.1. The molecule has 0 saturated carbocycles. The van der Waals surface area contributed by atoms with Gasteiger partial charge in [0.2, 0.25) is 0 Å². The molecule has 668 valence electrons. The first-order chi connectivity index (χ1) is 56.6. The number of carbonyl (C=O) groups is 4. The number of ether oxygens (including phenoxy) is 4. The molecule has 0 N–H and O–H groups in total. The van der Waals surface area contributed by atoms with E-state index in [0.717, 1.165) is 101 Å². The van der Waals surface area contributed by atoms with Crippen LogP contribution in [0.1, 0.15) is 506 Å². The second-order valence-electron chi connectivity index (χ2n) is 32.9. The predicted molar refractivity (Wildman–Crippen MR) is 489 cm³/mol. The van der Waals surface area contributed by atoms with Crippen LogP contribution in [0.15, 0.2) is 94.8 Å². The molecule has 117 heavy (non-hydrogen) atoms. The van der Waals surface area contributed by atoms with Crippen molar-refractivity contribution in [1.82, 2.24) is 0 Å². The average molecular weight is 1700 g/mol. The van der Waals surface area contributed by atoms with E-state index in [2.05, 4.69) is 76.3 Å². The molecule has 0 atom stereocenters. The van der Waals surface area contributed by atoms with Gasteiger partial charge in [-0.2, -0.15) is 0 Å². The summed E-state index contributed by atoms with van der Waals surface area (Å²) in [6.07, 6.45) is 101. The fourth-order valence-electron chi connectivity index (χ4n) is 14.5. The van der Waals surface area contributed by atoms with Crippen molar-refractivity contribution in [3.8, 4) is 0 Å². The predicted octanol–water partition coefficient (Wildman–Crippen LogP) is 30.3. The van der Waals surface area contributed by atoms with Gasteiger partial charge in [0.05, 0.1) is 58.5 Å². The van der Waals surface area contributed by atoms with Crippen LogP contribution in [0.25, 0.3) is 0 Å². The van der Waals surface area contributed by atoms with Crippen molar-refractivity contribution in [3.63, 3.8) is 0 Å². The number of benzene rings is 2. The molecule has 2 aromatic rings. The minimum absolute atomic E-state index is 0. The Morgan fingerprint density at radius 1 is 0.231 bits per heavy atom. The van der Waals surface area contributed by atoms with Crippen molar-refractivity contribution in [1.29, 1.82) is 0 Å². The fraction of sp³-hybridized carbons (Fsp3) is 0.760. The first-order valence-corrected chi connectivity index (χ1v) is 50.9. The van der Waals surface area contributed by atoms with Crippen LogP contribution < -0.4 is 0 Å². The minimum atomic E-state index is -4.82. The minimum Gasteiger partial charge on any atom is -0.744 e. The van der Waals surface area contributed by atoms with Crippen LogP contribution in [-0.2, 0) is 39.2 Å². The molecule has 14 nitrogen and oxygen atoms in total. The third-order valence-electron chi connectivity index (χ3n) is 22.0. The average Bonchev–Trinajstić information content (AvgIpc) is 0.814. The van der Waals surface area contributed by atoms with E-state index in [4.69, 9.17) is 18.9 Å². The smallest absolute Gasteiger partial charge is 0.744 e. The van der Waals surface area contributed by atoms with Crippen molar-refractivity contribution in [3.05, 3.63) is 107 Å². The maximum absolute atomic E-state index is 13.0. The Morgan fingerprint density at radius 2 is 0.376 bits per heavy atom. The van der Waals surface area contributed by atoms with Crippen LogP contribution in [-0.4, -0.2) is 114 Å². The summed E-state index contributed by atoms with van der Waals surface area (Å²) in [6.45, 7) is 9.75. The van der Waals surface area contributed by atoms with Crippen LogP contribution in [0.3, 0.4) is 0 Å². The number of carbonyl (C=O) groups excluding carboxylic acids is 4. The van der Waals surface area contributed by atoms with Gasteiger partial charge in [-0.05, 0) is 165 Å². The van der Waals surface area contributed by atoms with E-state index in [1.165, 1.54) is 346 Å². The zero-order valence-electron chi connectivity index (χ0n) is 75.2. The topological polar surface area (TPSA) is 220 Å². The number of hydrogen-bond acceptors (Lipinski definition) is 14. The van der Waals surface area contributed by atoms with Crippen LogP contribution in [0.4, 0.5) is 0 Å². The zero-order valence-corrected chi connectivity index (χ0v) is 79.1. The number of rotatable bonds is 82. The molecule has 0 aliphatic carbocycles. The van der Waals surface area contributed by atoms with Gasteiger partial charge in [0, 0.05) is 0 Å². The number of hydrogen-bond donors (Lipinski definition) is 0. The maximum atomic E-state index is 13.0. The molecule has 0 spiro atoms. The van der Waals surface area contributed by atoms with E-state index in [0.29, 0.717) is 25.7 Å². The van der Waals surface area contributed by atoms with Crippen molar-refractivity contribution in [2.75, 3.05) is 26.4 Å². The molecule has 0 unspecified atom stereocenters. The largest absolute Gasteiger partial charge is 2.00 e. The fourth-order valence-corrected chi connectivity index (χ4v) is 15.5. The molecule has 0 amide bonds. The van der Waals surface area contributed by atoms with Crippen molar-refractivity contribution < 1.29 is 64.1 Å². The van der Waals surface area contributed by atoms with Crippen molar-refractivity contribution >= 4 is 81.9 Å². The Kier molecular flexibility index (Phi) is 81.9. The van der Waals surface area contributed by atoms with Gasteiger partial charge in [-0.25, -0.2) is 36.0 Å². The summed E-state index contributed by atoms with van der Waals surface area (Å²) >= 11 is 0. The molecule has 0 heterocycles. The Labute approximate surface area is 747 Å². The van der Waals surface area contributed by atoms with Gasteiger partial charge in [0.1, 0.15) is 20.2 Å². The summed E-state index contributed by atoms with van der Waals surface area (Å²) in [7, 11) is -9.64. The number of unbranched alkanes of at least 4 members (excludes halogenated alkanes) is 60. The van der Waals surface area contributed by atoms with E-state index >= 15 is 0 Å². The van der Waals surface area contributed by atoms with Crippen LogP contribution in [0.5, 0.6) is 0 Å². The molecule has 0 aliphatic heterocycles. The molecule has 2 rings (SSSR count). The van der Waals surface area contributed by atoms with Gasteiger partial charge < -0.3 is 28.1 Å². The van der Waals surface area contributed by atoms with Gasteiger partial charge in [-0.1, -0.05) is 385 Å². The molecule has 2 aromatic carbocycles. The SMILES string of the molecule is CCCCCC/C=C/CCCCCCCCCCCCCOC(=O)c1ccc(S(=O)(=O)[O-])cc1C(=O)OCCCCCCCCCCCCC/C=C/CCCCCC.CCCCCC/C=C/CCCCCCCCCCCCCOC(=O)c1ccc(S(=O)(=O)[O-])cc1C(=O)OCCCCCCCCCCCCC/C=C/CCCCCC.[Ca+2]. The maximum Gasteiger partial charge on any atom is 2.00 e. The first kappa shape index (κ1) is 113. The summed E-state index contributed by atoms with van der Waals surface area (Å²) in [5.74, 6) is -3.09. The van der Waals surface area contributed by atoms with Crippen molar-refractivity contribution in [2.24, 2.45) is 0 Å². The molecule has 17 heteroatoms. The molecule has 0 saturated heterocycles. The van der Waals surface area contributed by atoms with E-state index in [9.17, 15) is 45.1 Å². The Bertz CT molecular complexity index is 2810. The van der Waals surface area contributed by atoms with Crippen LogP contribution in [0.2, 0.25) is 0 Å². The van der Waals surface area contributed by atoms with Gasteiger partial charge in [0.15, 0.2) is 0 Å². The van der Waals surface area contributed by atoms with E-state index in [1.54, 1.807) is 0 Å². The second kappa shape index (κ2) is 84.6. The Balaban J connectivity index is 0.00000228. The van der Waals surface area contributed by atoms with Gasteiger partial charge in [-0.3, -0.25) is 0 Å². The molecular formula is C100H170CaO14S2. The molecule has 0 aromatic heterocycles. The van der Waals surface area contributed by atoms with E-state index < -0.39 is 53.9 Å². The van der Waals surface area contributed by atoms with Crippen LogP contribution >= 0.6 is 0 Å². The molecule has 0 aliphatic rings. The monoisotopic (exact) mass is 1700 g/mol. The Morgan fingerprint density at radius 3 is 0.538 bits per heavy atom. The quantitative estimate of drug-likeness (QED) is 0.0150. The summed E-state index contributed by atoms with van der Waals surface area (Å²) in [5, 5.41) is 0. The van der Waals surface area contributed by atoms with Gasteiger partial charge >= 0.3 is 61.6 Å². The normalized spacial score (nSPS) is 11.8. The Hall–Kier alpha value is -3.64. The molecule has 0 radical (unpaired) electrons.